The maximum atomic E-state index is 12.5. The molecular formula is C45H78NO8P. The fourth-order valence-electron chi connectivity index (χ4n) is 5.48. The van der Waals surface area contributed by atoms with Crippen LogP contribution in [0.15, 0.2) is 72.9 Å². The summed E-state index contributed by atoms with van der Waals surface area (Å²) in [6, 6.07) is 0. The van der Waals surface area contributed by atoms with Gasteiger partial charge in [0.05, 0.1) is 13.2 Å². The van der Waals surface area contributed by atoms with Gasteiger partial charge in [0.2, 0.25) is 0 Å². The molecule has 0 saturated heterocycles. The zero-order chi connectivity index (χ0) is 40.3. The lowest BCUT2D eigenvalue weighted by Gasteiger charge is -2.19. The van der Waals surface area contributed by atoms with Crippen LogP contribution in [0.5, 0.6) is 0 Å². The van der Waals surface area contributed by atoms with E-state index >= 15 is 0 Å². The summed E-state index contributed by atoms with van der Waals surface area (Å²) >= 11 is 0. The van der Waals surface area contributed by atoms with E-state index in [0.29, 0.717) is 6.42 Å². The smallest absolute Gasteiger partial charge is 0.462 e. The number of hydrogen-bond donors (Lipinski definition) is 2. The summed E-state index contributed by atoms with van der Waals surface area (Å²) in [7, 11) is -4.40. The fourth-order valence-corrected chi connectivity index (χ4v) is 6.25. The van der Waals surface area contributed by atoms with Crippen molar-refractivity contribution < 1.29 is 37.6 Å². The minimum absolute atomic E-state index is 0.0395. The van der Waals surface area contributed by atoms with E-state index in [4.69, 9.17) is 24.3 Å². The number of phosphoric ester groups is 1. The van der Waals surface area contributed by atoms with E-state index in [2.05, 4.69) is 74.6 Å². The number of rotatable bonds is 39. The van der Waals surface area contributed by atoms with Crippen LogP contribution in [-0.2, 0) is 32.7 Å². The van der Waals surface area contributed by atoms with Crippen molar-refractivity contribution in [2.45, 2.75) is 174 Å². The van der Waals surface area contributed by atoms with Crippen molar-refractivity contribution in [3.63, 3.8) is 0 Å². The number of hydrogen-bond acceptors (Lipinski definition) is 8. The molecule has 0 radical (unpaired) electrons. The predicted octanol–water partition coefficient (Wildman–Crippen LogP) is 12.3. The largest absolute Gasteiger partial charge is 0.472 e. The zero-order valence-corrected chi connectivity index (χ0v) is 35.5. The Morgan fingerprint density at radius 3 is 1.45 bits per heavy atom. The Kier molecular flexibility index (Phi) is 39.2. The van der Waals surface area contributed by atoms with Crippen molar-refractivity contribution in [1.82, 2.24) is 0 Å². The van der Waals surface area contributed by atoms with Gasteiger partial charge in [-0.2, -0.15) is 0 Å². The SMILES string of the molecule is CC/C=C/C/C=C/C/C=C/C/C=C/C/C=C/C/C=C/CCC(=O)O[C@H](COC(=O)CCCCCCCCCCCCCCCCC)COP(=O)(O)OCCN. The van der Waals surface area contributed by atoms with Crippen LogP contribution in [0.2, 0.25) is 0 Å². The van der Waals surface area contributed by atoms with E-state index in [9.17, 15) is 19.0 Å². The molecule has 0 rings (SSSR count). The van der Waals surface area contributed by atoms with Crippen LogP contribution in [0.1, 0.15) is 168 Å². The van der Waals surface area contributed by atoms with E-state index in [1.165, 1.54) is 77.0 Å². The molecule has 2 atom stereocenters. The van der Waals surface area contributed by atoms with Crippen LogP contribution in [0.4, 0.5) is 0 Å². The highest BCUT2D eigenvalue weighted by Crippen LogP contribution is 2.43. The molecule has 0 aliphatic rings. The van der Waals surface area contributed by atoms with Crippen LogP contribution in [0.25, 0.3) is 0 Å². The second kappa shape index (κ2) is 41.1. The second-order valence-electron chi connectivity index (χ2n) is 13.8. The first-order valence-corrected chi connectivity index (χ1v) is 22.9. The summed E-state index contributed by atoms with van der Waals surface area (Å²) in [6.07, 6.45) is 49.5. The molecule has 0 heterocycles. The molecule has 0 aliphatic carbocycles. The van der Waals surface area contributed by atoms with E-state index in [1.807, 2.05) is 12.2 Å². The van der Waals surface area contributed by atoms with Gasteiger partial charge in [0.15, 0.2) is 6.10 Å². The summed E-state index contributed by atoms with van der Waals surface area (Å²) in [6.45, 7) is 3.53. The maximum absolute atomic E-state index is 12.5. The summed E-state index contributed by atoms with van der Waals surface area (Å²) in [4.78, 5) is 34.8. The van der Waals surface area contributed by atoms with E-state index in [0.717, 1.165) is 57.8 Å². The van der Waals surface area contributed by atoms with Crippen molar-refractivity contribution in [1.29, 1.82) is 0 Å². The number of unbranched alkanes of at least 4 members (excludes halogenated alkanes) is 14. The Labute approximate surface area is 335 Å². The van der Waals surface area contributed by atoms with Gasteiger partial charge in [-0.25, -0.2) is 4.57 Å². The molecule has 0 aromatic heterocycles. The maximum Gasteiger partial charge on any atom is 0.472 e. The van der Waals surface area contributed by atoms with Crippen LogP contribution in [-0.4, -0.2) is 49.3 Å². The quantitative estimate of drug-likeness (QED) is 0.0270. The van der Waals surface area contributed by atoms with Crippen molar-refractivity contribution >= 4 is 19.8 Å². The molecule has 0 fully saturated rings. The molecule has 0 aromatic carbocycles. The van der Waals surface area contributed by atoms with Crippen LogP contribution in [0.3, 0.4) is 0 Å². The second-order valence-corrected chi connectivity index (χ2v) is 15.3. The molecule has 1 unspecified atom stereocenters. The number of nitrogens with two attached hydrogens (primary N) is 1. The molecule has 3 N–H and O–H groups in total. The highest BCUT2D eigenvalue weighted by Gasteiger charge is 2.25. The molecule has 316 valence electrons. The minimum atomic E-state index is -4.40. The predicted molar refractivity (Wildman–Crippen MR) is 229 cm³/mol. The summed E-state index contributed by atoms with van der Waals surface area (Å²) in [5.74, 6) is -0.928. The Morgan fingerprint density at radius 1 is 0.564 bits per heavy atom. The first-order valence-electron chi connectivity index (χ1n) is 21.4. The Hall–Kier alpha value is -2.55. The highest BCUT2D eigenvalue weighted by molar-refractivity contribution is 7.47. The van der Waals surface area contributed by atoms with Crippen LogP contribution >= 0.6 is 7.82 Å². The number of carbonyl (C=O) groups is 2. The number of esters is 2. The van der Waals surface area contributed by atoms with Crippen molar-refractivity contribution in [3.8, 4) is 0 Å². The number of carbonyl (C=O) groups excluding carboxylic acids is 2. The molecule has 0 aromatic rings. The summed E-state index contributed by atoms with van der Waals surface area (Å²) in [5, 5.41) is 0. The normalized spacial score (nSPS) is 14.0. The molecular weight excluding hydrogens is 713 g/mol. The third-order valence-electron chi connectivity index (χ3n) is 8.62. The van der Waals surface area contributed by atoms with Gasteiger partial charge in [0.25, 0.3) is 0 Å². The molecule has 0 saturated carbocycles. The first kappa shape index (κ1) is 52.5. The molecule has 0 amide bonds. The summed E-state index contributed by atoms with van der Waals surface area (Å²) < 4.78 is 32.7. The highest BCUT2D eigenvalue weighted by atomic mass is 31.2. The zero-order valence-electron chi connectivity index (χ0n) is 34.6. The van der Waals surface area contributed by atoms with Gasteiger partial charge in [-0.15, -0.1) is 0 Å². The monoisotopic (exact) mass is 792 g/mol. The lowest BCUT2D eigenvalue weighted by Crippen LogP contribution is -2.29. The lowest BCUT2D eigenvalue weighted by molar-refractivity contribution is -0.161. The van der Waals surface area contributed by atoms with E-state index in [1.54, 1.807) is 0 Å². The van der Waals surface area contributed by atoms with Gasteiger partial charge >= 0.3 is 19.8 Å². The third kappa shape index (κ3) is 40.9. The molecule has 0 aliphatic heterocycles. The summed E-state index contributed by atoms with van der Waals surface area (Å²) in [5.41, 5.74) is 5.34. The number of ether oxygens (including phenoxy) is 2. The van der Waals surface area contributed by atoms with Crippen LogP contribution < -0.4 is 5.73 Å². The molecule has 55 heavy (non-hydrogen) atoms. The lowest BCUT2D eigenvalue weighted by atomic mass is 10.0. The Bertz CT molecular complexity index is 1130. The molecule has 0 bridgehead atoms. The Balaban J connectivity index is 4.30. The average Bonchev–Trinajstić information content (AvgIpc) is 3.17. The average molecular weight is 792 g/mol. The van der Waals surface area contributed by atoms with Gasteiger partial charge in [-0.1, -0.05) is 177 Å². The van der Waals surface area contributed by atoms with Gasteiger partial charge in [0, 0.05) is 19.4 Å². The van der Waals surface area contributed by atoms with Gasteiger partial charge in [-0.05, 0) is 51.4 Å². The minimum Gasteiger partial charge on any atom is -0.462 e. The molecule has 10 heteroatoms. The van der Waals surface area contributed by atoms with E-state index in [-0.39, 0.29) is 32.6 Å². The topological polar surface area (TPSA) is 134 Å². The van der Waals surface area contributed by atoms with Crippen molar-refractivity contribution in [2.24, 2.45) is 5.73 Å². The van der Waals surface area contributed by atoms with E-state index < -0.39 is 32.5 Å². The number of phosphoric acid groups is 1. The molecule has 9 nitrogen and oxygen atoms in total. The first-order chi connectivity index (χ1) is 26.8. The van der Waals surface area contributed by atoms with Crippen molar-refractivity contribution in [3.05, 3.63) is 72.9 Å². The molecule has 0 spiro atoms. The fraction of sp³-hybridized carbons (Fsp3) is 0.689. The third-order valence-corrected chi connectivity index (χ3v) is 9.60. The standard InChI is InChI=1S/C45H78NO8P/c1-3-5-7-9-11-13-15-17-19-20-21-22-24-26-28-30-32-34-36-38-45(48)54-43(42-53-55(49,50)52-40-39-46)41-51-44(47)37-35-33-31-29-27-25-23-18-16-14-12-10-8-6-4-2/h5,7,11,13,17,19,21-22,26,28,32,34,43H,3-4,6,8-10,12,14-16,18,20,23-25,27,29-31,33,35-42,46H2,1-2H3,(H,49,50)/b7-5+,13-11+,19-17+,22-21+,28-26+,34-32+/t43-/m1/s1. The van der Waals surface area contributed by atoms with Gasteiger partial charge in [-0.3, -0.25) is 18.6 Å². The van der Waals surface area contributed by atoms with Crippen molar-refractivity contribution in [2.75, 3.05) is 26.4 Å². The van der Waals surface area contributed by atoms with Gasteiger partial charge < -0.3 is 20.1 Å². The van der Waals surface area contributed by atoms with Gasteiger partial charge in [0.1, 0.15) is 6.61 Å². The van der Waals surface area contributed by atoms with Crippen LogP contribution in [0, 0.1) is 0 Å². The number of allylic oxidation sites excluding steroid dienone is 12. The Morgan fingerprint density at radius 2 is 1.00 bits per heavy atom.